The zero-order chi connectivity index (χ0) is 20.3. The topological polar surface area (TPSA) is 60.5 Å². The summed E-state index contributed by atoms with van der Waals surface area (Å²) >= 11 is 6.83. The molecule has 5 nitrogen and oxygen atoms in total. The number of benzene rings is 2. The van der Waals surface area contributed by atoms with Crippen molar-refractivity contribution in [1.29, 1.82) is 0 Å². The Labute approximate surface area is 174 Å². The van der Waals surface area contributed by atoms with E-state index in [0.29, 0.717) is 21.4 Å². The number of carbonyl (C=O) groups is 1. The lowest BCUT2D eigenvalue weighted by molar-refractivity contribution is -0.274. The number of fused-ring (bicyclic) bond motifs is 1. The lowest BCUT2D eigenvalue weighted by Gasteiger charge is -2.12. The van der Waals surface area contributed by atoms with Crippen LogP contribution in [-0.4, -0.2) is 23.9 Å². The third-order valence-electron chi connectivity index (χ3n) is 3.47. The Morgan fingerprint density at radius 2 is 1.82 bits per heavy atom. The number of carbonyl (C=O) groups excluding carboxylic acids is 1. The van der Waals surface area contributed by atoms with Crippen LogP contribution in [0.15, 0.2) is 57.6 Å². The van der Waals surface area contributed by atoms with E-state index >= 15 is 0 Å². The van der Waals surface area contributed by atoms with Gasteiger partial charge in [-0.05, 0) is 52.3 Å². The van der Waals surface area contributed by atoms with Crippen molar-refractivity contribution < 1.29 is 27.4 Å². The third-order valence-corrected chi connectivity index (χ3v) is 4.71. The normalized spacial score (nSPS) is 11.3. The molecular weight excluding hydrogens is 509 g/mol. The maximum atomic E-state index is 12.2. The Kier molecular flexibility index (Phi) is 6.09. The van der Waals surface area contributed by atoms with Crippen molar-refractivity contribution in [3.8, 4) is 11.5 Å². The molecular formula is C18H11Br2F3N2O3. The predicted octanol–water partition coefficient (Wildman–Crippen LogP) is 5.68. The van der Waals surface area contributed by atoms with E-state index in [1.807, 2.05) is 6.07 Å². The van der Waals surface area contributed by atoms with Gasteiger partial charge < -0.3 is 14.8 Å². The zero-order valence-corrected chi connectivity index (χ0v) is 17.1. The van der Waals surface area contributed by atoms with Crippen molar-refractivity contribution in [2.24, 2.45) is 0 Å². The summed E-state index contributed by atoms with van der Waals surface area (Å²) < 4.78 is 47.3. The first-order chi connectivity index (χ1) is 13.2. The summed E-state index contributed by atoms with van der Waals surface area (Å²) in [4.78, 5) is 16.4. The molecule has 1 N–H and O–H groups in total. The van der Waals surface area contributed by atoms with E-state index in [1.54, 1.807) is 18.3 Å². The maximum Gasteiger partial charge on any atom is 0.573 e. The fourth-order valence-corrected chi connectivity index (χ4v) is 3.75. The van der Waals surface area contributed by atoms with Crippen molar-refractivity contribution >= 4 is 54.4 Å². The molecule has 0 fully saturated rings. The van der Waals surface area contributed by atoms with Gasteiger partial charge in [-0.3, -0.25) is 9.78 Å². The van der Waals surface area contributed by atoms with E-state index in [9.17, 15) is 18.0 Å². The molecule has 1 heterocycles. The Morgan fingerprint density at radius 3 is 2.50 bits per heavy atom. The van der Waals surface area contributed by atoms with Crippen LogP contribution in [0.4, 0.5) is 18.9 Å². The molecule has 3 aromatic rings. The SMILES string of the molecule is O=C(COc1c(Br)cc(Br)c2cccnc12)Nc1ccc(OC(F)(F)F)cc1. The number of hydrogen-bond acceptors (Lipinski definition) is 4. The maximum absolute atomic E-state index is 12.2. The number of anilines is 1. The van der Waals surface area contributed by atoms with Gasteiger partial charge in [0, 0.05) is 21.7 Å². The van der Waals surface area contributed by atoms with Crippen LogP contribution in [0.3, 0.4) is 0 Å². The minimum Gasteiger partial charge on any atom is -0.480 e. The minimum absolute atomic E-state index is 0.306. The number of nitrogens with zero attached hydrogens (tertiary/aromatic N) is 1. The molecule has 0 spiro atoms. The Balaban J connectivity index is 1.66. The van der Waals surface area contributed by atoms with Gasteiger partial charge >= 0.3 is 6.36 Å². The van der Waals surface area contributed by atoms with Crippen LogP contribution in [0.5, 0.6) is 11.5 Å². The van der Waals surface area contributed by atoms with Gasteiger partial charge in [0.25, 0.3) is 5.91 Å². The van der Waals surface area contributed by atoms with Crippen molar-refractivity contribution in [2.45, 2.75) is 6.36 Å². The summed E-state index contributed by atoms with van der Waals surface area (Å²) in [6.45, 7) is -0.313. The highest BCUT2D eigenvalue weighted by Crippen LogP contribution is 2.37. The molecule has 0 saturated carbocycles. The monoisotopic (exact) mass is 518 g/mol. The predicted molar refractivity (Wildman–Crippen MR) is 104 cm³/mol. The molecule has 0 radical (unpaired) electrons. The van der Waals surface area contributed by atoms with Crippen LogP contribution >= 0.6 is 31.9 Å². The molecule has 0 unspecified atom stereocenters. The molecule has 146 valence electrons. The van der Waals surface area contributed by atoms with Crippen LogP contribution in [0.25, 0.3) is 10.9 Å². The smallest absolute Gasteiger partial charge is 0.480 e. The lowest BCUT2D eigenvalue weighted by Crippen LogP contribution is -2.20. The van der Waals surface area contributed by atoms with Gasteiger partial charge in [0.1, 0.15) is 11.3 Å². The largest absolute Gasteiger partial charge is 0.573 e. The highest BCUT2D eigenvalue weighted by atomic mass is 79.9. The molecule has 1 aromatic heterocycles. The minimum atomic E-state index is -4.77. The third kappa shape index (κ3) is 5.14. The molecule has 28 heavy (non-hydrogen) atoms. The van der Waals surface area contributed by atoms with E-state index in [2.05, 4.69) is 46.9 Å². The van der Waals surface area contributed by atoms with Crippen LogP contribution in [0.2, 0.25) is 0 Å². The molecule has 0 atom stereocenters. The Morgan fingerprint density at radius 1 is 1.11 bits per heavy atom. The molecule has 3 rings (SSSR count). The van der Waals surface area contributed by atoms with Crippen LogP contribution in [0.1, 0.15) is 0 Å². The number of rotatable bonds is 5. The summed E-state index contributed by atoms with van der Waals surface area (Å²) in [5, 5.41) is 3.36. The first-order valence-corrected chi connectivity index (χ1v) is 9.33. The second-order valence-electron chi connectivity index (χ2n) is 5.48. The van der Waals surface area contributed by atoms with Crippen LogP contribution < -0.4 is 14.8 Å². The number of nitrogens with one attached hydrogen (secondary N) is 1. The zero-order valence-electron chi connectivity index (χ0n) is 13.9. The summed E-state index contributed by atoms with van der Waals surface area (Å²) in [6, 6.07) is 10.2. The van der Waals surface area contributed by atoms with Gasteiger partial charge in [-0.15, -0.1) is 13.2 Å². The molecule has 0 bridgehead atoms. The van der Waals surface area contributed by atoms with Gasteiger partial charge in [-0.2, -0.15) is 0 Å². The number of amides is 1. The number of aromatic nitrogens is 1. The summed E-state index contributed by atoms with van der Waals surface area (Å²) in [7, 11) is 0. The quantitative estimate of drug-likeness (QED) is 0.471. The highest BCUT2D eigenvalue weighted by Gasteiger charge is 2.30. The van der Waals surface area contributed by atoms with Gasteiger partial charge in [-0.25, -0.2) is 0 Å². The van der Waals surface area contributed by atoms with Crippen molar-refractivity contribution in [2.75, 3.05) is 11.9 Å². The van der Waals surface area contributed by atoms with E-state index < -0.39 is 12.3 Å². The molecule has 2 aromatic carbocycles. The van der Waals surface area contributed by atoms with Gasteiger partial charge in [0.15, 0.2) is 12.4 Å². The Hall–Kier alpha value is -2.33. The van der Waals surface area contributed by atoms with E-state index in [0.717, 1.165) is 22.0 Å². The van der Waals surface area contributed by atoms with E-state index in [4.69, 9.17) is 4.74 Å². The molecule has 1 amide bonds. The standard InChI is InChI=1S/C18H11Br2F3N2O3/c19-13-8-14(20)17(16-12(13)2-1-7-24-16)27-9-15(26)25-10-3-5-11(6-4-10)28-18(21,22)23/h1-8H,9H2,(H,25,26). The molecule has 0 aliphatic heterocycles. The van der Waals surface area contributed by atoms with E-state index in [1.165, 1.54) is 12.1 Å². The fourth-order valence-electron chi connectivity index (χ4n) is 2.36. The second-order valence-corrected chi connectivity index (χ2v) is 7.19. The average molecular weight is 520 g/mol. The number of ether oxygens (including phenoxy) is 2. The molecule has 10 heteroatoms. The lowest BCUT2D eigenvalue weighted by atomic mass is 10.2. The highest BCUT2D eigenvalue weighted by molar-refractivity contribution is 9.11. The average Bonchev–Trinajstić information content (AvgIpc) is 2.62. The van der Waals surface area contributed by atoms with Gasteiger partial charge in [0.05, 0.1) is 4.47 Å². The van der Waals surface area contributed by atoms with Gasteiger partial charge in [-0.1, -0.05) is 22.0 Å². The summed E-state index contributed by atoms with van der Waals surface area (Å²) in [6.07, 6.45) is -3.16. The second kappa shape index (κ2) is 8.36. The van der Waals surface area contributed by atoms with Crippen molar-refractivity contribution in [3.05, 3.63) is 57.6 Å². The molecule has 0 aliphatic rings. The summed E-state index contributed by atoms with van der Waals surface area (Å²) in [5.74, 6) is -0.454. The molecule has 0 aliphatic carbocycles. The Bertz CT molecular complexity index is 1010. The number of pyridine rings is 1. The van der Waals surface area contributed by atoms with E-state index in [-0.39, 0.29) is 12.4 Å². The van der Waals surface area contributed by atoms with Crippen LogP contribution in [0, 0.1) is 0 Å². The molecule has 0 saturated heterocycles. The first kappa shape index (κ1) is 20.4. The summed E-state index contributed by atoms with van der Waals surface area (Å²) in [5.41, 5.74) is 0.881. The van der Waals surface area contributed by atoms with Crippen LogP contribution in [-0.2, 0) is 4.79 Å². The first-order valence-electron chi connectivity index (χ1n) is 7.74. The number of halogens is 5. The fraction of sp³-hybridized carbons (Fsp3) is 0.111. The van der Waals surface area contributed by atoms with Crippen molar-refractivity contribution in [3.63, 3.8) is 0 Å². The number of alkyl halides is 3. The van der Waals surface area contributed by atoms with Crippen molar-refractivity contribution in [1.82, 2.24) is 4.98 Å². The number of hydrogen-bond donors (Lipinski definition) is 1. The van der Waals surface area contributed by atoms with Gasteiger partial charge in [0.2, 0.25) is 0 Å².